The molecular formula is C23H45N2+. The van der Waals surface area contributed by atoms with Gasteiger partial charge < -0.3 is 0 Å². The van der Waals surface area contributed by atoms with Crippen molar-refractivity contribution in [3.63, 3.8) is 0 Å². The van der Waals surface area contributed by atoms with E-state index in [1.54, 1.807) is 0 Å². The van der Waals surface area contributed by atoms with Gasteiger partial charge in [0.25, 0.3) is 5.82 Å². The SMILES string of the molecule is CCCCCCCCCn1cc[n+](CCCCCCCCC)c1CC. The first kappa shape index (κ1) is 22.3. The standard InChI is InChI=1S/C23H45N2/c1-4-7-9-11-13-15-17-19-24-21-22-25(23(24)6-3)20-18-16-14-12-10-8-5-2/h21-22H,4-20H2,1-3H3/q+1. The number of hydrogen-bond donors (Lipinski definition) is 0. The lowest BCUT2D eigenvalue weighted by molar-refractivity contribution is -0.704. The average Bonchev–Trinajstić information content (AvgIpc) is 3.02. The molecule has 2 nitrogen and oxygen atoms in total. The molecule has 0 aliphatic rings. The second-order valence-corrected chi connectivity index (χ2v) is 7.70. The second-order valence-electron chi connectivity index (χ2n) is 7.70. The van der Waals surface area contributed by atoms with Crippen LogP contribution in [-0.2, 0) is 19.5 Å². The maximum atomic E-state index is 2.51. The van der Waals surface area contributed by atoms with E-state index in [-0.39, 0.29) is 0 Å². The Morgan fingerprint density at radius 1 is 0.680 bits per heavy atom. The molecule has 0 bridgehead atoms. The highest BCUT2D eigenvalue weighted by Crippen LogP contribution is 2.10. The van der Waals surface area contributed by atoms with Crippen molar-refractivity contribution in [1.29, 1.82) is 0 Å². The summed E-state index contributed by atoms with van der Waals surface area (Å²) in [4.78, 5) is 0. The summed E-state index contributed by atoms with van der Waals surface area (Å²) in [6, 6.07) is 0. The van der Waals surface area contributed by atoms with Crippen LogP contribution in [-0.4, -0.2) is 4.57 Å². The molecule has 0 amide bonds. The predicted octanol–water partition coefficient (Wildman–Crippen LogP) is 6.84. The number of aromatic nitrogens is 2. The summed E-state index contributed by atoms with van der Waals surface area (Å²) in [6.07, 6.45) is 25.3. The van der Waals surface area contributed by atoms with Crippen molar-refractivity contribution in [2.24, 2.45) is 0 Å². The molecule has 0 spiro atoms. The molecule has 0 atom stereocenters. The first-order valence-electron chi connectivity index (χ1n) is 11.4. The van der Waals surface area contributed by atoms with Gasteiger partial charge in [0.05, 0.1) is 13.1 Å². The zero-order valence-electron chi connectivity index (χ0n) is 17.6. The Morgan fingerprint density at radius 3 is 1.76 bits per heavy atom. The monoisotopic (exact) mass is 349 g/mol. The fourth-order valence-electron chi connectivity index (χ4n) is 3.79. The van der Waals surface area contributed by atoms with Crippen LogP contribution in [0.25, 0.3) is 0 Å². The van der Waals surface area contributed by atoms with E-state index in [0.717, 1.165) is 6.42 Å². The molecule has 0 aliphatic heterocycles. The summed E-state index contributed by atoms with van der Waals surface area (Å²) in [5, 5.41) is 0. The summed E-state index contributed by atoms with van der Waals surface area (Å²) >= 11 is 0. The van der Waals surface area contributed by atoms with Crippen LogP contribution >= 0.6 is 0 Å². The summed E-state index contributed by atoms with van der Waals surface area (Å²) in [7, 11) is 0. The molecule has 1 aromatic heterocycles. The number of nitrogens with zero attached hydrogens (tertiary/aromatic N) is 2. The van der Waals surface area contributed by atoms with E-state index in [0.29, 0.717) is 0 Å². The average molecular weight is 350 g/mol. The number of unbranched alkanes of at least 4 members (excludes halogenated alkanes) is 12. The maximum Gasteiger partial charge on any atom is 0.256 e. The number of rotatable bonds is 17. The van der Waals surface area contributed by atoms with Crippen molar-refractivity contribution in [3.05, 3.63) is 18.2 Å². The van der Waals surface area contributed by atoms with Gasteiger partial charge in [0, 0.05) is 6.42 Å². The molecule has 0 aromatic carbocycles. The molecule has 0 unspecified atom stereocenters. The van der Waals surface area contributed by atoms with E-state index in [9.17, 15) is 0 Å². The third-order valence-corrected chi connectivity index (χ3v) is 5.41. The number of aryl methyl sites for hydroxylation is 2. The molecule has 0 saturated carbocycles. The number of hydrogen-bond acceptors (Lipinski definition) is 0. The van der Waals surface area contributed by atoms with E-state index in [4.69, 9.17) is 0 Å². The van der Waals surface area contributed by atoms with Gasteiger partial charge in [-0.05, 0) is 25.7 Å². The van der Waals surface area contributed by atoms with Crippen molar-refractivity contribution in [3.8, 4) is 0 Å². The third-order valence-electron chi connectivity index (χ3n) is 5.41. The highest BCUT2D eigenvalue weighted by Gasteiger charge is 2.14. The van der Waals surface area contributed by atoms with Crippen LogP contribution in [0, 0.1) is 0 Å². The quantitative estimate of drug-likeness (QED) is 0.215. The van der Waals surface area contributed by atoms with Gasteiger partial charge in [0.15, 0.2) is 0 Å². The first-order valence-corrected chi connectivity index (χ1v) is 11.4. The zero-order valence-corrected chi connectivity index (χ0v) is 17.6. The molecule has 2 heteroatoms. The molecule has 1 rings (SSSR count). The largest absolute Gasteiger partial charge is 0.256 e. The molecule has 1 aromatic rings. The van der Waals surface area contributed by atoms with Crippen LogP contribution in [0.15, 0.2) is 12.4 Å². The van der Waals surface area contributed by atoms with Crippen molar-refractivity contribution in [1.82, 2.24) is 4.57 Å². The summed E-state index contributed by atoms with van der Waals surface area (Å²) < 4.78 is 5.01. The molecule has 146 valence electrons. The van der Waals surface area contributed by atoms with E-state index in [1.165, 1.54) is 109 Å². The zero-order chi connectivity index (χ0) is 18.2. The van der Waals surface area contributed by atoms with E-state index < -0.39 is 0 Å². The van der Waals surface area contributed by atoms with Gasteiger partial charge in [-0.25, -0.2) is 9.13 Å². The summed E-state index contributed by atoms with van der Waals surface area (Å²) in [5.41, 5.74) is 0. The van der Waals surface area contributed by atoms with Crippen LogP contribution < -0.4 is 4.57 Å². The van der Waals surface area contributed by atoms with Crippen molar-refractivity contribution < 1.29 is 4.57 Å². The first-order chi connectivity index (χ1) is 12.3. The van der Waals surface area contributed by atoms with Gasteiger partial charge in [0.2, 0.25) is 0 Å². The molecular weight excluding hydrogens is 304 g/mol. The molecule has 0 N–H and O–H groups in total. The number of imidazole rings is 1. The topological polar surface area (TPSA) is 8.81 Å². The highest BCUT2D eigenvalue weighted by molar-refractivity contribution is 4.83. The fraction of sp³-hybridized carbons (Fsp3) is 0.870. The Morgan fingerprint density at radius 2 is 1.20 bits per heavy atom. The van der Waals surface area contributed by atoms with Gasteiger partial charge >= 0.3 is 0 Å². The molecule has 0 aliphatic carbocycles. The molecule has 0 radical (unpaired) electrons. The summed E-state index contributed by atoms with van der Waals surface area (Å²) in [6.45, 7) is 9.31. The Hall–Kier alpha value is -0.790. The van der Waals surface area contributed by atoms with E-state index >= 15 is 0 Å². The third kappa shape index (κ3) is 10.1. The molecule has 0 fully saturated rings. The molecule has 25 heavy (non-hydrogen) atoms. The Kier molecular flexibility index (Phi) is 13.8. The van der Waals surface area contributed by atoms with Crippen LogP contribution in [0.4, 0.5) is 0 Å². The van der Waals surface area contributed by atoms with Crippen LogP contribution in [0.3, 0.4) is 0 Å². The lowest BCUT2D eigenvalue weighted by atomic mass is 10.1. The minimum absolute atomic E-state index is 1.15. The van der Waals surface area contributed by atoms with Gasteiger partial charge in [-0.15, -0.1) is 0 Å². The highest BCUT2D eigenvalue weighted by atomic mass is 15.1. The molecule has 1 heterocycles. The van der Waals surface area contributed by atoms with Crippen LogP contribution in [0.5, 0.6) is 0 Å². The van der Waals surface area contributed by atoms with Gasteiger partial charge in [-0.3, -0.25) is 0 Å². The summed E-state index contributed by atoms with van der Waals surface area (Å²) in [5.74, 6) is 1.52. The smallest absolute Gasteiger partial charge is 0.234 e. The Bertz CT molecular complexity index is 373. The lowest BCUT2D eigenvalue weighted by Crippen LogP contribution is -2.37. The van der Waals surface area contributed by atoms with E-state index in [2.05, 4.69) is 42.3 Å². The normalized spacial score (nSPS) is 11.3. The second kappa shape index (κ2) is 15.5. The molecule has 0 saturated heterocycles. The Labute approximate surface area is 158 Å². The van der Waals surface area contributed by atoms with Crippen LogP contribution in [0.1, 0.15) is 116 Å². The minimum atomic E-state index is 1.15. The fourth-order valence-corrected chi connectivity index (χ4v) is 3.79. The predicted molar refractivity (Wildman–Crippen MR) is 110 cm³/mol. The van der Waals surface area contributed by atoms with Gasteiger partial charge in [-0.1, -0.05) is 85.0 Å². The van der Waals surface area contributed by atoms with Crippen molar-refractivity contribution in [2.75, 3.05) is 0 Å². The lowest BCUT2D eigenvalue weighted by Gasteiger charge is -2.05. The Balaban J connectivity index is 2.19. The van der Waals surface area contributed by atoms with E-state index in [1.807, 2.05) is 0 Å². The van der Waals surface area contributed by atoms with Gasteiger partial charge in [0.1, 0.15) is 12.4 Å². The maximum absolute atomic E-state index is 2.51. The van der Waals surface area contributed by atoms with Crippen molar-refractivity contribution in [2.45, 2.75) is 130 Å². The van der Waals surface area contributed by atoms with Crippen LogP contribution in [0.2, 0.25) is 0 Å². The van der Waals surface area contributed by atoms with Gasteiger partial charge in [-0.2, -0.15) is 0 Å². The van der Waals surface area contributed by atoms with Crippen molar-refractivity contribution >= 4 is 0 Å². The minimum Gasteiger partial charge on any atom is -0.234 e.